The summed E-state index contributed by atoms with van der Waals surface area (Å²) in [7, 11) is 1.83. The van der Waals surface area contributed by atoms with Crippen LogP contribution in [-0.4, -0.2) is 35.7 Å². The van der Waals surface area contributed by atoms with Gasteiger partial charge in [-0.2, -0.15) is 0 Å². The van der Waals surface area contributed by atoms with Crippen LogP contribution in [0.15, 0.2) is 91.6 Å². The molecule has 0 N–H and O–H groups in total. The normalized spacial score (nSPS) is 23.8. The third-order valence-corrected chi connectivity index (χ3v) is 10.8. The van der Waals surface area contributed by atoms with Crippen LogP contribution in [0.1, 0.15) is 88.3 Å². The lowest BCUT2D eigenvalue weighted by Gasteiger charge is -2.58. The van der Waals surface area contributed by atoms with Crippen LogP contribution < -0.4 is 4.74 Å². The van der Waals surface area contributed by atoms with Gasteiger partial charge in [0.15, 0.2) is 0 Å². The molecular weight excluding hydrogens is 564 g/mol. The molecule has 46 heavy (non-hydrogen) atoms. The van der Waals surface area contributed by atoms with Gasteiger partial charge in [0, 0.05) is 47.0 Å². The molecule has 3 aliphatic heterocycles. The average molecular weight is 618 g/mol. The smallest absolute Gasteiger partial charge is 0.135 e. The zero-order chi connectivity index (χ0) is 32.7. The Hall–Kier alpha value is -3.47. The standard InChI is InChI=1S/C42H53N2O2/c1-9-31-27-44(26-30-23-35(41(2,3)4)40(45-8)36(24-30)42(5,6)7)22-20-32(31)25-38(44)39(46-28-29-15-11-10-12-16-29)34-19-21-43-37-18-14-13-17-33(34)37/h9-19,21,23-24,31-32,38-39H,1,20,22,25-28H2,2-8H3/q+1/t31-,32-,38+,39-,44?/m0/s1. The number of quaternary nitrogens is 1. The molecule has 3 aliphatic rings. The van der Waals surface area contributed by atoms with Crippen LogP contribution in [0.5, 0.6) is 5.75 Å². The van der Waals surface area contributed by atoms with Crippen molar-refractivity contribution in [2.24, 2.45) is 11.8 Å². The molecule has 4 nitrogen and oxygen atoms in total. The molecule has 1 aromatic heterocycles. The van der Waals surface area contributed by atoms with E-state index in [1.165, 1.54) is 39.6 Å². The van der Waals surface area contributed by atoms with Crippen molar-refractivity contribution in [3.63, 3.8) is 0 Å². The van der Waals surface area contributed by atoms with E-state index in [1.54, 1.807) is 0 Å². The number of aromatic nitrogens is 1. The summed E-state index contributed by atoms with van der Waals surface area (Å²) < 4.78 is 14.3. The first-order chi connectivity index (χ1) is 21.9. The topological polar surface area (TPSA) is 31.4 Å². The van der Waals surface area contributed by atoms with Gasteiger partial charge in [-0.3, -0.25) is 4.98 Å². The van der Waals surface area contributed by atoms with Crippen molar-refractivity contribution in [1.82, 2.24) is 4.98 Å². The predicted molar refractivity (Wildman–Crippen MR) is 190 cm³/mol. The van der Waals surface area contributed by atoms with Crippen LogP contribution in [0.3, 0.4) is 0 Å². The zero-order valence-corrected chi connectivity index (χ0v) is 29.1. The lowest BCUT2D eigenvalue weighted by molar-refractivity contribution is -0.985. The Balaban J connectivity index is 1.49. The van der Waals surface area contributed by atoms with Crippen molar-refractivity contribution in [3.05, 3.63) is 119 Å². The first-order valence-electron chi connectivity index (χ1n) is 17.1. The third-order valence-electron chi connectivity index (χ3n) is 10.8. The van der Waals surface area contributed by atoms with E-state index in [4.69, 9.17) is 14.5 Å². The lowest BCUT2D eigenvalue weighted by atomic mass is 9.70. The van der Waals surface area contributed by atoms with Crippen molar-refractivity contribution in [3.8, 4) is 5.75 Å². The Kier molecular flexibility index (Phi) is 8.91. The maximum absolute atomic E-state index is 7.15. The SMILES string of the molecule is C=C[C@H]1C[N+]2(Cc3cc(C(C)(C)C)c(OC)c(C(C)(C)C)c3)CC[C@H]1C[C@@H]2[C@@H](OCc1ccccc1)c1ccnc2ccccc12. The number of hydrogen-bond acceptors (Lipinski definition) is 3. The maximum Gasteiger partial charge on any atom is 0.135 e. The van der Waals surface area contributed by atoms with Crippen molar-refractivity contribution >= 4 is 10.9 Å². The fourth-order valence-corrected chi connectivity index (χ4v) is 8.38. The van der Waals surface area contributed by atoms with Crippen LogP contribution in [-0.2, 0) is 28.7 Å². The zero-order valence-electron chi connectivity index (χ0n) is 29.1. The molecule has 0 spiro atoms. The second-order valence-electron chi connectivity index (χ2n) is 15.9. The summed E-state index contributed by atoms with van der Waals surface area (Å²) in [6.07, 6.45) is 6.50. The van der Waals surface area contributed by atoms with Gasteiger partial charge in [0.05, 0.1) is 32.3 Å². The van der Waals surface area contributed by atoms with Crippen molar-refractivity contribution < 1.29 is 14.0 Å². The van der Waals surface area contributed by atoms with E-state index in [0.717, 1.165) is 41.8 Å². The molecule has 1 unspecified atom stereocenters. The number of rotatable bonds is 9. The molecule has 0 aliphatic carbocycles. The summed E-state index contributed by atoms with van der Waals surface area (Å²) in [5.74, 6) is 2.18. The van der Waals surface area contributed by atoms with Crippen LogP contribution in [0.2, 0.25) is 0 Å². The van der Waals surface area contributed by atoms with Crippen molar-refractivity contribution in [2.75, 3.05) is 20.2 Å². The van der Waals surface area contributed by atoms with Crippen molar-refractivity contribution in [1.29, 1.82) is 0 Å². The quantitative estimate of drug-likeness (QED) is 0.138. The summed E-state index contributed by atoms with van der Waals surface area (Å²) in [6, 6.07) is 26.6. The van der Waals surface area contributed by atoms with Gasteiger partial charge in [-0.25, -0.2) is 0 Å². The van der Waals surface area contributed by atoms with Gasteiger partial charge in [0.25, 0.3) is 0 Å². The third kappa shape index (κ3) is 6.27. The number of nitrogens with zero attached hydrogens (tertiary/aromatic N) is 2. The Bertz CT molecular complexity index is 1640. The number of fused-ring (bicyclic) bond motifs is 4. The number of piperidine rings is 3. The molecule has 7 rings (SSSR count). The summed E-state index contributed by atoms with van der Waals surface area (Å²) in [6.45, 7) is 21.9. The number of hydrogen-bond donors (Lipinski definition) is 0. The molecule has 4 aromatic rings. The van der Waals surface area contributed by atoms with E-state index in [1.807, 2.05) is 13.3 Å². The molecule has 0 radical (unpaired) electrons. The van der Waals surface area contributed by atoms with E-state index < -0.39 is 0 Å². The highest BCUT2D eigenvalue weighted by Crippen LogP contribution is 2.50. The largest absolute Gasteiger partial charge is 0.496 e. The molecule has 5 atom stereocenters. The Morgan fingerprint density at radius 2 is 1.59 bits per heavy atom. The van der Waals surface area contributed by atoms with Crippen LogP contribution >= 0.6 is 0 Å². The van der Waals surface area contributed by atoms with E-state index >= 15 is 0 Å². The van der Waals surface area contributed by atoms with Gasteiger partial charge < -0.3 is 14.0 Å². The summed E-state index contributed by atoms with van der Waals surface area (Å²) in [4.78, 5) is 4.74. The van der Waals surface area contributed by atoms with Gasteiger partial charge in [0.1, 0.15) is 24.4 Å². The second-order valence-corrected chi connectivity index (χ2v) is 15.9. The first kappa shape index (κ1) is 32.5. The second kappa shape index (κ2) is 12.6. The average Bonchev–Trinajstić information content (AvgIpc) is 3.04. The molecule has 3 aromatic carbocycles. The van der Waals surface area contributed by atoms with Crippen LogP contribution in [0.25, 0.3) is 10.9 Å². The molecule has 0 saturated carbocycles. The Morgan fingerprint density at radius 3 is 2.24 bits per heavy atom. The van der Waals surface area contributed by atoms with Crippen LogP contribution in [0, 0.1) is 11.8 Å². The molecular formula is C42H53N2O2+. The molecule has 3 saturated heterocycles. The van der Waals surface area contributed by atoms with E-state index in [9.17, 15) is 0 Å². The molecule has 2 bridgehead atoms. The maximum atomic E-state index is 7.15. The summed E-state index contributed by atoms with van der Waals surface area (Å²) in [5.41, 5.74) is 7.37. The minimum atomic E-state index is -0.0657. The summed E-state index contributed by atoms with van der Waals surface area (Å²) in [5, 5.41) is 1.19. The first-order valence-corrected chi connectivity index (χ1v) is 17.1. The fourth-order valence-electron chi connectivity index (χ4n) is 8.38. The molecule has 4 heterocycles. The summed E-state index contributed by atoms with van der Waals surface area (Å²) >= 11 is 0. The van der Waals surface area contributed by atoms with E-state index in [0.29, 0.717) is 24.5 Å². The number of benzene rings is 3. The predicted octanol–water partition coefficient (Wildman–Crippen LogP) is 9.71. The highest BCUT2D eigenvalue weighted by Gasteiger charge is 2.54. The highest BCUT2D eigenvalue weighted by molar-refractivity contribution is 5.82. The van der Waals surface area contributed by atoms with Gasteiger partial charge >= 0.3 is 0 Å². The Morgan fingerprint density at radius 1 is 0.913 bits per heavy atom. The number of pyridine rings is 1. The lowest BCUT2D eigenvalue weighted by Crippen LogP contribution is -2.67. The van der Waals surface area contributed by atoms with Crippen LogP contribution in [0.4, 0.5) is 0 Å². The van der Waals surface area contributed by atoms with Gasteiger partial charge in [0.2, 0.25) is 0 Å². The van der Waals surface area contributed by atoms with Gasteiger partial charge in [-0.05, 0) is 52.1 Å². The highest BCUT2D eigenvalue weighted by atomic mass is 16.5. The van der Waals surface area contributed by atoms with Gasteiger partial charge in [-0.1, -0.05) is 96.1 Å². The number of para-hydroxylation sites is 1. The molecule has 3 fully saturated rings. The minimum absolute atomic E-state index is 0.0451. The van der Waals surface area contributed by atoms with Gasteiger partial charge in [-0.15, -0.1) is 6.58 Å². The number of methoxy groups -OCH3 is 1. The molecule has 4 heteroatoms. The van der Waals surface area contributed by atoms with E-state index in [-0.39, 0.29) is 16.9 Å². The van der Waals surface area contributed by atoms with Crippen molar-refractivity contribution in [2.45, 2.75) is 90.5 Å². The molecule has 242 valence electrons. The number of ether oxygens (including phenoxy) is 2. The minimum Gasteiger partial charge on any atom is -0.496 e. The molecule has 0 amide bonds. The Labute approximate surface area is 277 Å². The van der Waals surface area contributed by atoms with E-state index in [2.05, 4.69) is 127 Å². The monoisotopic (exact) mass is 617 g/mol. The fraction of sp³-hybridized carbons (Fsp3) is 0.452.